The third kappa shape index (κ3) is 3.83. The molecular weight excluding hydrogens is 244 g/mol. The summed E-state index contributed by atoms with van der Waals surface area (Å²) in [5, 5.41) is 0. The van der Waals surface area contributed by atoms with Crippen LogP contribution in [-0.4, -0.2) is 24.0 Å². The first-order valence-corrected chi connectivity index (χ1v) is 8.18. The minimum absolute atomic E-state index is 0.181. The van der Waals surface area contributed by atoms with Crippen LogP contribution in [0.15, 0.2) is 24.3 Å². The van der Waals surface area contributed by atoms with Gasteiger partial charge >= 0.3 is 0 Å². The summed E-state index contributed by atoms with van der Waals surface area (Å²) >= 11 is 0. The molecule has 2 nitrogen and oxygen atoms in total. The summed E-state index contributed by atoms with van der Waals surface area (Å²) in [5.41, 5.74) is 8.98. The zero-order valence-corrected chi connectivity index (χ0v) is 13.3. The van der Waals surface area contributed by atoms with Crippen molar-refractivity contribution in [3.8, 4) is 0 Å². The molecule has 1 aliphatic heterocycles. The fourth-order valence-electron chi connectivity index (χ4n) is 3.54. The SMILES string of the molecule is CCCC1CCN(C(c2ccc(C)cc2)C(C)N)CC1. The Balaban J connectivity index is 2.05. The van der Waals surface area contributed by atoms with E-state index >= 15 is 0 Å². The van der Waals surface area contributed by atoms with Gasteiger partial charge in [-0.05, 0) is 51.3 Å². The van der Waals surface area contributed by atoms with E-state index in [4.69, 9.17) is 5.73 Å². The summed E-state index contributed by atoms with van der Waals surface area (Å²) in [6.45, 7) is 8.97. The van der Waals surface area contributed by atoms with Gasteiger partial charge in [0.2, 0.25) is 0 Å². The van der Waals surface area contributed by atoms with Crippen LogP contribution in [0.25, 0.3) is 0 Å². The van der Waals surface area contributed by atoms with Crippen LogP contribution >= 0.6 is 0 Å². The maximum absolute atomic E-state index is 6.29. The molecule has 1 aromatic rings. The summed E-state index contributed by atoms with van der Waals surface area (Å²) in [4.78, 5) is 2.60. The molecule has 2 rings (SSSR count). The number of benzene rings is 1. The molecule has 0 amide bonds. The van der Waals surface area contributed by atoms with Crippen LogP contribution in [0.5, 0.6) is 0 Å². The van der Waals surface area contributed by atoms with Crippen molar-refractivity contribution in [1.82, 2.24) is 4.90 Å². The zero-order valence-electron chi connectivity index (χ0n) is 13.3. The van der Waals surface area contributed by atoms with Gasteiger partial charge in [-0.2, -0.15) is 0 Å². The molecule has 0 saturated carbocycles. The van der Waals surface area contributed by atoms with Crippen molar-refractivity contribution >= 4 is 0 Å². The second kappa shape index (κ2) is 7.24. The second-order valence-electron chi connectivity index (χ2n) is 6.48. The van der Waals surface area contributed by atoms with Gasteiger partial charge in [-0.3, -0.25) is 4.90 Å². The monoisotopic (exact) mass is 274 g/mol. The maximum atomic E-state index is 6.29. The van der Waals surface area contributed by atoms with Crippen LogP contribution in [0.3, 0.4) is 0 Å². The van der Waals surface area contributed by atoms with E-state index in [-0.39, 0.29) is 6.04 Å². The Bertz CT molecular complexity index is 388. The Hall–Kier alpha value is -0.860. The number of hydrogen-bond donors (Lipinski definition) is 1. The number of nitrogens with two attached hydrogens (primary N) is 1. The van der Waals surface area contributed by atoms with E-state index in [0.29, 0.717) is 6.04 Å². The Kier molecular flexibility index (Phi) is 5.62. The molecule has 0 aliphatic carbocycles. The summed E-state index contributed by atoms with van der Waals surface area (Å²) < 4.78 is 0. The highest BCUT2D eigenvalue weighted by Gasteiger charge is 2.27. The Morgan fingerprint density at radius 3 is 2.30 bits per heavy atom. The minimum atomic E-state index is 0.181. The number of hydrogen-bond acceptors (Lipinski definition) is 2. The fourth-order valence-corrected chi connectivity index (χ4v) is 3.54. The lowest BCUT2D eigenvalue weighted by atomic mass is 9.89. The Morgan fingerprint density at radius 1 is 1.20 bits per heavy atom. The Morgan fingerprint density at radius 2 is 1.80 bits per heavy atom. The second-order valence-corrected chi connectivity index (χ2v) is 6.48. The van der Waals surface area contributed by atoms with Gasteiger partial charge in [0.25, 0.3) is 0 Å². The van der Waals surface area contributed by atoms with Crippen molar-refractivity contribution in [2.45, 2.75) is 58.5 Å². The van der Waals surface area contributed by atoms with Gasteiger partial charge in [-0.25, -0.2) is 0 Å². The van der Waals surface area contributed by atoms with Gasteiger partial charge in [0.05, 0.1) is 0 Å². The molecule has 2 N–H and O–H groups in total. The van der Waals surface area contributed by atoms with Crippen molar-refractivity contribution in [2.24, 2.45) is 11.7 Å². The number of nitrogens with zero attached hydrogens (tertiary/aromatic N) is 1. The van der Waals surface area contributed by atoms with E-state index in [2.05, 4.69) is 49.9 Å². The van der Waals surface area contributed by atoms with Crippen LogP contribution in [-0.2, 0) is 0 Å². The number of rotatable bonds is 5. The molecule has 0 aromatic heterocycles. The summed E-state index contributed by atoms with van der Waals surface area (Å²) in [7, 11) is 0. The van der Waals surface area contributed by atoms with Crippen LogP contribution in [0, 0.1) is 12.8 Å². The van der Waals surface area contributed by atoms with Gasteiger partial charge < -0.3 is 5.73 Å². The predicted molar refractivity (Wildman–Crippen MR) is 86.8 cm³/mol. The first kappa shape index (κ1) is 15.5. The van der Waals surface area contributed by atoms with Crippen molar-refractivity contribution in [2.75, 3.05) is 13.1 Å². The third-order valence-corrected chi connectivity index (χ3v) is 4.66. The summed E-state index contributed by atoms with van der Waals surface area (Å²) in [5.74, 6) is 0.933. The third-order valence-electron chi connectivity index (χ3n) is 4.66. The van der Waals surface area contributed by atoms with Crippen LogP contribution < -0.4 is 5.73 Å². The molecule has 20 heavy (non-hydrogen) atoms. The van der Waals surface area contributed by atoms with Gasteiger partial charge in [0.15, 0.2) is 0 Å². The molecular formula is C18H30N2. The molecule has 0 bridgehead atoms. The lowest BCUT2D eigenvalue weighted by Gasteiger charge is -2.39. The van der Waals surface area contributed by atoms with Crippen LogP contribution in [0.2, 0.25) is 0 Å². The first-order valence-electron chi connectivity index (χ1n) is 8.18. The van der Waals surface area contributed by atoms with Gasteiger partial charge in [0, 0.05) is 12.1 Å². The molecule has 0 radical (unpaired) electrons. The zero-order chi connectivity index (χ0) is 14.5. The van der Waals surface area contributed by atoms with E-state index in [1.165, 1.54) is 49.9 Å². The number of piperidine rings is 1. The minimum Gasteiger partial charge on any atom is -0.326 e. The lowest BCUT2D eigenvalue weighted by molar-refractivity contribution is 0.115. The van der Waals surface area contributed by atoms with Crippen molar-refractivity contribution in [1.29, 1.82) is 0 Å². The molecule has 1 saturated heterocycles. The van der Waals surface area contributed by atoms with Gasteiger partial charge in [-0.15, -0.1) is 0 Å². The largest absolute Gasteiger partial charge is 0.326 e. The van der Waals surface area contributed by atoms with E-state index in [1.54, 1.807) is 0 Å². The molecule has 1 aromatic carbocycles. The molecule has 112 valence electrons. The highest BCUT2D eigenvalue weighted by Crippen LogP contribution is 2.30. The average Bonchev–Trinajstić information content (AvgIpc) is 2.43. The van der Waals surface area contributed by atoms with Gasteiger partial charge in [-0.1, -0.05) is 49.6 Å². The van der Waals surface area contributed by atoms with Crippen molar-refractivity contribution < 1.29 is 0 Å². The standard InChI is InChI=1S/C18H30N2/c1-4-5-16-10-12-20(13-11-16)18(15(3)19)17-8-6-14(2)7-9-17/h6-9,15-16,18H,4-5,10-13,19H2,1-3H3. The smallest absolute Gasteiger partial charge is 0.0496 e. The highest BCUT2D eigenvalue weighted by molar-refractivity contribution is 5.25. The van der Waals surface area contributed by atoms with Crippen LogP contribution in [0.4, 0.5) is 0 Å². The molecule has 0 spiro atoms. The molecule has 2 atom stereocenters. The summed E-state index contributed by atoms with van der Waals surface area (Å²) in [6, 6.07) is 9.46. The van der Waals surface area contributed by atoms with E-state index in [9.17, 15) is 0 Å². The fraction of sp³-hybridized carbons (Fsp3) is 0.667. The quantitative estimate of drug-likeness (QED) is 0.882. The predicted octanol–water partition coefficient (Wildman–Crippen LogP) is 3.90. The van der Waals surface area contributed by atoms with E-state index < -0.39 is 0 Å². The van der Waals surface area contributed by atoms with E-state index in [0.717, 1.165) is 5.92 Å². The van der Waals surface area contributed by atoms with Gasteiger partial charge in [0.1, 0.15) is 0 Å². The average molecular weight is 274 g/mol. The molecule has 1 heterocycles. The molecule has 1 fully saturated rings. The lowest BCUT2D eigenvalue weighted by Crippen LogP contribution is -2.43. The molecule has 1 aliphatic rings. The van der Waals surface area contributed by atoms with Crippen molar-refractivity contribution in [3.63, 3.8) is 0 Å². The summed E-state index contributed by atoms with van der Waals surface area (Å²) in [6.07, 6.45) is 5.38. The molecule has 2 heteroatoms. The first-order chi connectivity index (χ1) is 9.61. The highest BCUT2D eigenvalue weighted by atomic mass is 15.2. The van der Waals surface area contributed by atoms with E-state index in [1.807, 2.05) is 0 Å². The van der Waals surface area contributed by atoms with Crippen LogP contribution in [0.1, 0.15) is 56.7 Å². The number of likely N-dealkylation sites (tertiary alicyclic amines) is 1. The Labute approximate surface area is 124 Å². The normalized spacial score (nSPS) is 20.8. The molecule has 2 unspecified atom stereocenters. The number of aryl methyl sites for hydroxylation is 1. The van der Waals surface area contributed by atoms with Crippen molar-refractivity contribution in [3.05, 3.63) is 35.4 Å². The maximum Gasteiger partial charge on any atom is 0.0496 e. The topological polar surface area (TPSA) is 29.3 Å².